The summed E-state index contributed by atoms with van der Waals surface area (Å²) in [5, 5.41) is 3.89. The van der Waals surface area contributed by atoms with Crippen LogP contribution in [0.4, 0.5) is 0 Å². The van der Waals surface area contributed by atoms with E-state index in [0.29, 0.717) is 30.5 Å². The molecule has 2 rings (SSSR count). The Kier molecular flexibility index (Phi) is 7.16. The van der Waals surface area contributed by atoms with Crippen LogP contribution in [0.15, 0.2) is 0 Å². The first-order valence-corrected chi connectivity index (χ1v) is 9.19. The molecule has 0 amide bonds. The minimum atomic E-state index is -0.0626. The maximum atomic E-state index is 11.7. The maximum Gasteiger partial charge on any atom is 0.305 e. The van der Waals surface area contributed by atoms with Gasteiger partial charge in [0.1, 0.15) is 0 Å². The molecule has 0 radical (unpaired) electrons. The molecule has 3 atom stereocenters. The van der Waals surface area contributed by atoms with Gasteiger partial charge in [-0.2, -0.15) is 0 Å². The molecule has 1 aliphatic heterocycles. The molecule has 2 aliphatic rings. The van der Waals surface area contributed by atoms with Gasteiger partial charge in [-0.1, -0.05) is 26.2 Å². The van der Waals surface area contributed by atoms with E-state index in [1.54, 1.807) is 0 Å². The lowest BCUT2D eigenvalue weighted by Crippen LogP contribution is -2.54. The van der Waals surface area contributed by atoms with E-state index in [1.807, 2.05) is 0 Å². The van der Waals surface area contributed by atoms with Gasteiger partial charge in [-0.05, 0) is 38.5 Å². The van der Waals surface area contributed by atoms with Gasteiger partial charge >= 0.3 is 5.97 Å². The van der Waals surface area contributed by atoms with Crippen molar-refractivity contribution in [2.45, 2.75) is 83.3 Å². The number of hydrogen-bond acceptors (Lipinski definition) is 4. The van der Waals surface area contributed by atoms with Crippen LogP contribution in [-0.4, -0.2) is 49.2 Å². The van der Waals surface area contributed by atoms with E-state index < -0.39 is 0 Å². The third-order valence-electron chi connectivity index (χ3n) is 5.54. The number of carbonyl (C=O) groups is 1. The molecule has 22 heavy (non-hydrogen) atoms. The first-order chi connectivity index (χ1) is 10.6. The second kappa shape index (κ2) is 8.88. The molecule has 1 saturated carbocycles. The summed E-state index contributed by atoms with van der Waals surface area (Å²) in [5.41, 5.74) is 0. The Morgan fingerprint density at radius 1 is 1.23 bits per heavy atom. The fourth-order valence-electron chi connectivity index (χ4n) is 4.05. The fraction of sp³-hybridized carbons (Fsp3) is 0.944. The molecule has 0 aromatic heterocycles. The summed E-state index contributed by atoms with van der Waals surface area (Å²) in [6.45, 7) is 6.71. The van der Waals surface area contributed by atoms with Crippen molar-refractivity contribution in [3.8, 4) is 0 Å². The highest BCUT2D eigenvalue weighted by molar-refractivity contribution is 5.69. The Labute approximate surface area is 136 Å². The summed E-state index contributed by atoms with van der Waals surface area (Å²) in [6.07, 6.45) is 9.61. The zero-order valence-corrected chi connectivity index (χ0v) is 14.6. The minimum absolute atomic E-state index is 0.0626. The van der Waals surface area contributed by atoms with Crippen molar-refractivity contribution in [2.75, 3.05) is 20.2 Å². The number of rotatable bonds is 6. The van der Waals surface area contributed by atoms with Crippen molar-refractivity contribution in [1.82, 2.24) is 10.2 Å². The highest BCUT2D eigenvalue weighted by atomic mass is 16.5. The Hall–Kier alpha value is -0.610. The summed E-state index contributed by atoms with van der Waals surface area (Å²) in [4.78, 5) is 14.2. The van der Waals surface area contributed by atoms with Crippen LogP contribution in [0.2, 0.25) is 0 Å². The van der Waals surface area contributed by atoms with Gasteiger partial charge in [0.15, 0.2) is 0 Å². The molecular formula is C18H34N2O2. The topological polar surface area (TPSA) is 41.6 Å². The Morgan fingerprint density at radius 2 is 1.95 bits per heavy atom. The van der Waals surface area contributed by atoms with Crippen LogP contribution in [0, 0.1) is 5.92 Å². The van der Waals surface area contributed by atoms with E-state index >= 15 is 0 Å². The summed E-state index contributed by atoms with van der Waals surface area (Å²) < 4.78 is 4.88. The van der Waals surface area contributed by atoms with E-state index in [0.717, 1.165) is 19.5 Å². The van der Waals surface area contributed by atoms with Crippen LogP contribution in [0.3, 0.4) is 0 Å². The van der Waals surface area contributed by atoms with Gasteiger partial charge in [-0.3, -0.25) is 9.69 Å². The lowest BCUT2D eigenvalue weighted by molar-refractivity contribution is -0.142. The van der Waals surface area contributed by atoms with Crippen molar-refractivity contribution >= 4 is 5.97 Å². The molecule has 4 nitrogen and oxygen atoms in total. The number of esters is 1. The van der Waals surface area contributed by atoms with Gasteiger partial charge < -0.3 is 10.1 Å². The summed E-state index contributed by atoms with van der Waals surface area (Å²) in [5.74, 6) is 0.365. The molecule has 0 aromatic carbocycles. The summed E-state index contributed by atoms with van der Waals surface area (Å²) >= 11 is 0. The van der Waals surface area contributed by atoms with Crippen molar-refractivity contribution in [2.24, 2.45) is 5.92 Å². The van der Waals surface area contributed by atoms with Crippen LogP contribution in [-0.2, 0) is 9.53 Å². The van der Waals surface area contributed by atoms with E-state index in [2.05, 4.69) is 24.1 Å². The molecule has 0 aromatic rings. The number of nitrogens with zero attached hydrogens (tertiary/aromatic N) is 1. The van der Waals surface area contributed by atoms with Crippen molar-refractivity contribution < 1.29 is 9.53 Å². The quantitative estimate of drug-likeness (QED) is 0.766. The zero-order valence-electron chi connectivity index (χ0n) is 14.6. The Bertz CT molecular complexity index is 340. The fourth-order valence-corrected chi connectivity index (χ4v) is 4.05. The molecular weight excluding hydrogens is 276 g/mol. The average Bonchev–Trinajstić information content (AvgIpc) is 2.54. The van der Waals surface area contributed by atoms with E-state index in [4.69, 9.17) is 4.74 Å². The van der Waals surface area contributed by atoms with Gasteiger partial charge in [-0.25, -0.2) is 0 Å². The Morgan fingerprint density at radius 3 is 2.59 bits per heavy atom. The summed E-state index contributed by atoms with van der Waals surface area (Å²) in [6, 6.07) is 1.81. The molecule has 0 spiro atoms. The highest BCUT2D eigenvalue weighted by Gasteiger charge is 2.31. The number of methoxy groups -OCH3 is 1. The first kappa shape index (κ1) is 17.7. The predicted molar refractivity (Wildman–Crippen MR) is 89.9 cm³/mol. The molecule has 1 N–H and O–H groups in total. The second-order valence-electron chi connectivity index (χ2n) is 7.29. The third kappa shape index (κ3) is 5.24. The van der Waals surface area contributed by atoms with Crippen LogP contribution in [0.1, 0.15) is 65.2 Å². The highest BCUT2D eigenvalue weighted by Crippen LogP contribution is 2.25. The monoisotopic (exact) mass is 310 g/mol. The smallest absolute Gasteiger partial charge is 0.305 e. The number of likely N-dealkylation sites (tertiary alicyclic amines) is 1. The number of ether oxygens (including phenoxy) is 1. The van der Waals surface area contributed by atoms with Crippen LogP contribution in [0.5, 0.6) is 0 Å². The van der Waals surface area contributed by atoms with Gasteiger partial charge in [0.2, 0.25) is 0 Å². The molecule has 1 saturated heterocycles. The van der Waals surface area contributed by atoms with Gasteiger partial charge in [0.25, 0.3) is 0 Å². The van der Waals surface area contributed by atoms with E-state index in [1.165, 1.54) is 45.6 Å². The molecule has 2 fully saturated rings. The van der Waals surface area contributed by atoms with Gasteiger partial charge in [0.05, 0.1) is 7.11 Å². The first-order valence-electron chi connectivity index (χ1n) is 9.19. The zero-order chi connectivity index (χ0) is 15.9. The largest absolute Gasteiger partial charge is 0.469 e. The van der Waals surface area contributed by atoms with E-state index in [9.17, 15) is 4.79 Å². The molecule has 128 valence electrons. The second-order valence-corrected chi connectivity index (χ2v) is 7.29. The molecule has 1 heterocycles. The van der Waals surface area contributed by atoms with Crippen molar-refractivity contribution in [3.05, 3.63) is 0 Å². The number of hydrogen-bond donors (Lipinski definition) is 1. The van der Waals surface area contributed by atoms with E-state index in [-0.39, 0.29) is 5.97 Å². The van der Waals surface area contributed by atoms with Crippen LogP contribution in [0.25, 0.3) is 0 Å². The number of piperidine rings is 1. The SMILES string of the molecule is CCC(C)N1CC(CC(=O)OC)CC(NC2CCCCC2)C1. The lowest BCUT2D eigenvalue weighted by atomic mass is 9.88. The summed E-state index contributed by atoms with van der Waals surface area (Å²) in [7, 11) is 1.50. The molecule has 1 aliphatic carbocycles. The standard InChI is InChI=1S/C18H34N2O2/c1-4-14(2)20-12-15(11-18(21)22-3)10-17(13-20)19-16-8-6-5-7-9-16/h14-17,19H,4-13H2,1-3H3. The average molecular weight is 310 g/mol. The third-order valence-corrected chi connectivity index (χ3v) is 5.54. The van der Waals surface area contributed by atoms with Crippen molar-refractivity contribution in [1.29, 1.82) is 0 Å². The molecule has 0 bridgehead atoms. The maximum absolute atomic E-state index is 11.7. The normalized spacial score (nSPS) is 29.2. The number of carbonyl (C=O) groups excluding carboxylic acids is 1. The van der Waals surface area contributed by atoms with Crippen LogP contribution < -0.4 is 5.32 Å². The molecule has 4 heteroatoms. The van der Waals surface area contributed by atoms with Gasteiger partial charge in [-0.15, -0.1) is 0 Å². The Balaban J connectivity index is 1.93. The number of nitrogens with one attached hydrogen (secondary N) is 1. The predicted octanol–water partition coefficient (Wildman–Crippen LogP) is 2.96. The van der Waals surface area contributed by atoms with Crippen LogP contribution >= 0.6 is 0 Å². The van der Waals surface area contributed by atoms with Crippen molar-refractivity contribution in [3.63, 3.8) is 0 Å². The molecule has 3 unspecified atom stereocenters. The lowest BCUT2D eigenvalue weighted by Gasteiger charge is -2.42. The minimum Gasteiger partial charge on any atom is -0.469 e. The van der Waals surface area contributed by atoms with Gasteiger partial charge in [0, 0.05) is 37.6 Å².